The Balaban J connectivity index is 4.13. The summed E-state index contributed by atoms with van der Waals surface area (Å²) in [6, 6.07) is 0. The lowest BCUT2D eigenvalue weighted by Gasteiger charge is -2.28. The fourth-order valence-corrected chi connectivity index (χ4v) is 7.38. The number of esters is 1. The van der Waals surface area contributed by atoms with Crippen molar-refractivity contribution in [1.82, 2.24) is 0 Å². The molecule has 0 aliphatic heterocycles. The summed E-state index contributed by atoms with van der Waals surface area (Å²) in [6.45, 7) is 5.31. The van der Waals surface area contributed by atoms with Crippen LogP contribution < -0.4 is 4.89 Å². The average molecular weight is 878 g/mol. The number of quaternary nitrogens is 1. The molecule has 2 atom stereocenters. The Morgan fingerprint density at radius 1 is 0.508 bits per heavy atom. The number of carbonyl (C=O) groups is 1. The van der Waals surface area contributed by atoms with E-state index in [0.29, 0.717) is 24.1 Å². The topological polar surface area (TPSA) is 94.1 Å². The van der Waals surface area contributed by atoms with E-state index < -0.39 is 13.9 Å². The van der Waals surface area contributed by atoms with E-state index >= 15 is 0 Å². The summed E-state index contributed by atoms with van der Waals surface area (Å²) >= 11 is 0. The van der Waals surface area contributed by atoms with Crippen molar-refractivity contribution in [2.24, 2.45) is 0 Å². The second kappa shape index (κ2) is 44.8. The SMILES string of the molecule is CCC/C=C\C/C=C\CCCCCCCCOCC(COP(=O)([O-])OCC[N+](C)(C)C)OC(=O)CCCCCCCCCCCC/C=C\C/C=C\C/C=C\CCCCCCC. The van der Waals surface area contributed by atoms with Gasteiger partial charge in [-0.3, -0.25) is 9.36 Å². The lowest BCUT2D eigenvalue weighted by Crippen LogP contribution is -2.37. The highest BCUT2D eigenvalue weighted by molar-refractivity contribution is 7.45. The number of unbranched alkanes of at least 4 members (excludes halogenated alkanes) is 22. The second-order valence-electron chi connectivity index (χ2n) is 17.8. The average Bonchev–Trinajstić information content (AvgIpc) is 3.22. The molecule has 0 saturated carbocycles. The number of ether oxygens (including phenoxy) is 2. The molecule has 9 heteroatoms. The lowest BCUT2D eigenvalue weighted by atomic mass is 10.0. The van der Waals surface area contributed by atoms with Crippen LogP contribution in [0.5, 0.6) is 0 Å². The molecular weight excluding hydrogens is 782 g/mol. The third kappa shape index (κ3) is 49.1. The highest BCUT2D eigenvalue weighted by atomic mass is 31.2. The summed E-state index contributed by atoms with van der Waals surface area (Å²) in [5.41, 5.74) is 0. The first kappa shape index (κ1) is 59.2. The smallest absolute Gasteiger partial charge is 0.306 e. The van der Waals surface area contributed by atoms with E-state index in [0.717, 1.165) is 70.6 Å². The van der Waals surface area contributed by atoms with Crippen LogP contribution in [0.1, 0.15) is 206 Å². The second-order valence-corrected chi connectivity index (χ2v) is 19.2. The first-order valence-electron chi connectivity index (χ1n) is 25.0. The fourth-order valence-electron chi connectivity index (χ4n) is 6.65. The van der Waals surface area contributed by atoms with E-state index in [-0.39, 0.29) is 25.8 Å². The van der Waals surface area contributed by atoms with Crippen LogP contribution in [-0.2, 0) is 27.9 Å². The molecule has 0 fully saturated rings. The monoisotopic (exact) mass is 878 g/mol. The summed E-state index contributed by atoms with van der Waals surface area (Å²) < 4.78 is 34.7. The molecule has 0 aromatic carbocycles. The minimum Gasteiger partial charge on any atom is -0.756 e. The molecule has 0 aromatic rings. The van der Waals surface area contributed by atoms with Crippen LogP contribution >= 0.6 is 7.82 Å². The van der Waals surface area contributed by atoms with Crippen molar-refractivity contribution in [3.63, 3.8) is 0 Å². The Kier molecular flexibility index (Phi) is 43.5. The predicted octanol–water partition coefficient (Wildman–Crippen LogP) is 14.6. The standard InChI is InChI=1S/C52H96NO7P/c1-6-8-10-12-14-16-18-20-22-23-24-25-26-27-28-29-30-31-32-33-35-37-39-41-43-45-52(54)60-51(50-59-61(55,56)58-48-46-53(3,4)5)49-57-47-44-42-40-38-36-34-21-19-17-15-13-11-9-7-2/h11,13,17-20,23-24,26-27,51H,6-10,12,14-16,21-22,25,28-50H2,1-5H3/b13-11-,19-17-,20-18-,24-23-,27-26-. The first-order valence-corrected chi connectivity index (χ1v) is 26.5. The van der Waals surface area contributed by atoms with Gasteiger partial charge in [-0.1, -0.05) is 184 Å². The Morgan fingerprint density at radius 2 is 0.934 bits per heavy atom. The van der Waals surface area contributed by atoms with Crippen LogP contribution in [0.2, 0.25) is 0 Å². The Labute approximate surface area is 377 Å². The van der Waals surface area contributed by atoms with E-state index in [1.165, 1.54) is 116 Å². The third-order valence-corrected chi connectivity index (χ3v) is 11.5. The van der Waals surface area contributed by atoms with Crippen molar-refractivity contribution in [2.45, 2.75) is 213 Å². The normalized spacial score (nSPS) is 14.1. The zero-order valence-electron chi connectivity index (χ0n) is 40.4. The van der Waals surface area contributed by atoms with Crippen molar-refractivity contribution in [1.29, 1.82) is 0 Å². The molecule has 0 heterocycles. The summed E-state index contributed by atoms with van der Waals surface area (Å²) in [4.78, 5) is 25.1. The van der Waals surface area contributed by atoms with E-state index in [1.54, 1.807) is 0 Å². The summed E-state index contributed by atoms with van der Waals surface area (Å²) in [5, 5.41) is 0. The predicted molar refractivity (Wildman–Crippen MR) is 259 cm³/mol. The van der Waals surface area contributed by atoms with Crippen LogP contribution in [-0.4, -0.2) is 70.7 Å². The third-order valence-electron chi connectivity index (χ3n) is 10.5. The summed E-state index contributed by atoms with van der Waals surface area (Å²) in [5.74, 6) is -0.343. The summed E-state index contributed by atoms with van der Waals surface area (Å²) in [6.07, 6.45) is 56.7. The molecule has 0 aliphatic carbocycles. The molecule has 0 rings (SSSR count). The fraction of sp³-hybridized carbons (Fsp3) is 0.788. The van der Waals surface area contributed by atoms with Crippen molar-refractivity contribution >= 4 is 13.8 Å². The zero-order chi connectivity index (χ0) is 44.8. The van der Waals surface area contributed by atoms with Crippen LogP contribution in [0, 0.1) is 0 Å². The Morgan fingerprint density at radius 3 is 1.41 bits per heavy atom. The molecule has 0 bridgehead atoms. The number of phosphoric ester groups is 1. The minimum atomic E-state index is -4.53. The number of rotatable bonds is 46. The van der Waals surface area contributed by atoms with Gasteiger partial charge >= 0.3 is 5.97 Å². The maximum Gasteiger partial charge on any atom is 0.306 e. The van der Waals surface area contributed by atoms with E-state index in [4.69, 9.17) is 18.5 Å². The molecule has 2 unspecified atom stereocenters. The van der Waals surface area contributed by atoms with Gasteiger partial charge in [0, 0.05) is 13.0 Å². The number of hydrogen-bond donors (Lipinski definition) is 0. The molecule has 61 heavy (non-hydrogen) atoms. The maximum atomic E-state index is 12.7. The van der Waals surface area contributed by atoms with E-state index in [9.17, 15) is 14.3 Å². The Bertz CT molecular complexity index is 1160. The van der Waals surface area contributed by atoms with Gasteiger partial charge in [0.25, 0.3) is 7.82 Å². The van der Waals surface area contributed by atoms with Crippen molar-refractivity contribution < 1.29 is 37.3 Å². The summed E-state index contributed by atoms with van der Waals surface area (Å²) in [7, 11) is 1.34. The van der Waals surface area contributed by atoms with Gasteiger partial charge in [-0.25, -0.2) is 0 Å². The molecule has 0 radical (unpaired) electrons. The maximum absolute atomic E-state index is 12.7. The van der Waals surface area contributed by atoms with Gasteiger partial charge in [-0.15, -0.1) is 0 Å². The van der Waals surface area contributed by atoms with Crippen molar-refractivity contribution in [2.75, 3.05) is 54.1 Å². The number of nitrogens with zero attached hydrogens (tertiary/aromatic N) is 1. The van der Waals surface area contributed by atoms with Crippen LogP contribution in [0.15, 0.2) is 60.8 Å². The highest BCUT2D eigenvalue weighted by Gasteiger charge is 2.20. The molecular formula is C52H96NO7P. The van der Waals surface area contributed by atoms with Crippen LogP contribution in [0.4, 0.5) is 0 Å². The van der Waals surface area contributed by atoms with Gasteiger partial charge < -0.3 is 27.9 Å². The number of hydrogen-bond acceptors (Lipinski definition) is 7. The van der Waals surface area contributed by atoms with Gasteiger partial charge in [0.1, 0.15) is 19.3 Å². The van der Waals surface area contributed by atoms with Crippen molar-refractivity contribution in [3.05, 3.63) is 60.8 Å². The van der Waals surface area contributed by atoms with Gasteiger partial charge in [-0.05, 0) is 77.0 Å². The van der Waals surface area contributed by atoms with Gasteiger partial charge in [0.15, 0.2) is 0 Å². The zero-order valence-corrected chi connectivity index (χ0v) is 41.2. The number of carbonyl (C=O) groups excluding carboxylic acids is 1. The molecule has 0 aromatic heterocycles. The molecule has 0 N–H and O–H groups in total. The number of likely N-dealkylation sites (N-methyl/N-ethyl adjacent to an activating group) is 1. The van der Waals surface area contributed by atoms with E-state index in [2.05, 4.69) is 74.6 Å². The molecule has 0 spiro atoms. The first-order chi connectivity index (χ1) is 29.6. The Hall–Kier alpha value is -1.80. The molecule has 0 aliphatic rings. The van der Waals surface area contributed by atoms with Crippen LogP contribution in [0.25, 0.3) is 0 Å². The molecule has 8 nitrogen and oxygen atoms in total. The molecule has 0 saturated heterocycles. The molecule has 0 amide bonds. The molecule has 356 valence electrons. The van der Waals surface area contributed by atoms with Crippen LogP contribution in [0.3, 0.4) is 0 Å². The quantitative estimate of drug-likeness (QED) is 0.0198. The number of allylic oxidation sites excluding steroid dienone is 10. The van der Waals surface area contributed by atoms with Crippen molar-refractivity contribution in [3.8, 4) is 0 Å². The largest absolute Gasteiger partial charge is 0.756 e. The van der Waals surface area contributed by atoms with Gasteiger partial charge in [0.05, 0.1) is 34.4 Å². The van der Waals surface area contributed by atoms with E-state index in [1.807, 2.05) is 21.1 Å². The highest BCUT2D eigenvalue weighted by Crippen LogP contribution is 2.38. The minimum absolute atomic E-state index is 0.0209. The number of phosphoric acid groups is 1. The van der Waals surface area contributed by atoms with Gasteiger partial charge in [0.2, 0.25) is 0 Å². The lowest BCUT2D eigenvalue weighted by molar-refractivity contribution is -0.870. The van der Waals surface area contributed by atoms with Gasteiger partial charge in [-0.2, -0.15) is 0 Å².